The van der Waals surface area contributed by atoms with Gasteiger partial charge in [-0.3, -0.25) is 0 Å². The van der Waals surface area contributed by atoms with E-state index in [4.69, 9.17) is 0 Å². The lowest BCUT2D eigenvalue weighted by atomic mass is 10.2. The van der Waals surface area contributed by atoms with Crippen molar-refractivity contribution in [1.29, 1.82) is 0 Å². The highest BCUT2D eigenvalue weighted by molar-refractivity contribution is 7.91. The summed E-state index contributed by atoms with van der Waals surface area (Å²) in [4.78, 5) is 0.202. The van der Waals surface area contributed by atoms with Crippen LogP contribution in [0.1, 0.15) is 0 Å². The van der Waals surface area contributed by atoms with Gasteiger partial charge in [-0.05, 0) is 18.2 Å². The van der Waals surface area contributed by atoms with Gasteiger partial charge in [0, 0.05) is 10.8 Å². The van der Waals surface area contributed by atoms with Crippen molar-refractivity contribution in [3.63, 3.8) is 0 Å². The van der Waals surface area contributed by atoms with Crippen LogP contribution in [0.25, 0.3) is 10.8 Å². The number of rotatable bonds is 2. The number of pyridine rings is 1. The fourth-order valence-corrected chi connectivity index (χ4v) is 3.62. The molecule has 2 aromatic carbocycles. The van der Waals surface area contributed by atoms with Gasteiger partial charge in [0.1, 0.15) is 4.90 Å². The maximum atomic E-state index is 12.6. The minimum Gasteiger partial charge on any atom is -0.619 e. The van der Waals surface area contributed by atoms with E-state index >= 15 is 0 Å². The highest BCUT2D eigenvalue weighted by atomic mass is 32.2. The van der Waals surface area contributed by atoms with E-state index in [9.17, 15) is 13.6 Å². The fourth-order valence-electron chi connectivity index (χ4n) is 2.13. The Morgan fingerprint density at radius 1 is 0.850 bits per heavy atom. The molecule has 1 heterocycles. The predicted molar refractivity (Wildman–Crippen MR) is 74.8 cm³/mol. The summed E-state index contributed by atoms with van der Waals surface area (Å²) in [5.41, 5.74) is 0. The molecule has 0 N–H and O–H groups in total. The van der Waals surface area contributed by atoms with Crippen molar-refractivity contribution in [3.05, 3.63) is 72.2 Å². The third-order valence-electron chi connectivity index (χ3n) is 3.08. The Morgan fingerprint density at radius 2 is 1.50 bits per heavy atom. The SMILES string of the molecule is O=S(=O)(c1ccccc1)c1c[n+]([O-])cc2ccccc12. The maximum Gasteiger partial charge on any atom is 0.213 e. The molecule has 0 bridgehead atoms. The van der Waals surface area contributed by atoms with Crippen molar-refractivity contribution >= 4 is 20.6 Å². The second-order valence-electron chi connectivity index (χ2n) is 4.39. The minimum atomic E-state index is -3.71. The smallest absolute Gasteiger partial charge is 0.213 e. The van der Waals surface area contributed by atoms with Crippen LogP contribution in [0, 0.1) is 5.21 Å². The summed E-state index contributed by atoms with van der Waals surface area (Å²) in [7, 11) is -3.71. The standard InChI is InChI=1S/C15H11NO3S/c17-16-10-12-6-4-5-9-14(12)15(11-16)20(18,19)13-7-2-1-3-8-13/h1-11H. The minimum absolute atomic E-state index is 0.0248. The second-order valence-corrected chi connectivity index (χ2v) is 6.30. The number of fused-ring (bicyclic) bond motifs is 1. The molecule has 0 radical (unpaired) electrons. The molecule has 0 aliphatic carbocycles. The molecule has 0 aliphatic heterocycles. The average molecular weight is 285 g/mol. The average Bonchev–Trinajstić information content (AvgIpc) is 2.47. The molecule has 20 heavy (non-hydrogen) atoms. The van der Waals surface area contributed by atoms with E-state index in [0.29, 0.717) is 15.5 Å². The summed E-state index contributed by atoms with van der Waals surface area (Å²) in [6.07, 6.45) is 2.46. The van der Waals surface area contributed by atoms with Crippen molar-refractivity contribution in [2.75, 3.05) is 0 Å². The molecule has 0 saturated heterocycles. The first-order chi connectivity index (χ1) is 9.59. The lowest BCUT2D eigenvalue weighted by molar-refractivity contribution is -0.605. The molecule has 1 aromatic heterocycles. The molecular formula is C15H11NO3S. The van der Waals surface area contributed by atoms with E-state index in [0.717, 1.165) is 6.20 Å². The topological polar surface area (TPSA) is 61.1 Å². The van der Waals surface area contributed by atoms with Crippen LogP contribution in [-0.2, 0) is 9.84 Å². The Morgan fingerprint density at radius 3 is 2.25 bits per heavy atom. The monoisotopic (exact) mass is 285 g/mol. The molecule has 0 unspecified atom stereocenters. The van der Waals surface area contributed by atoms with E-state index in [1.165, 1.54) is 18.3 Å². The molecular weight excluding hydrogens is 274 g/mol. The van der Waals surface area contributed by atoms with E-state index in [1.54, 1.807) is 42.5 Å². The van der Waals surface area contributed by atoms with Crippen molar-refractivity contribution < 1.29 is 13.1 Å². The molecule has 4 nitrogen and oxygen atoms in total. The first-order valence-corrected chi connectivity index (χ1v) is 7.49. The van der Waals surface area contributed by atoms with Crippen LogP contribution >= 0.6 is 0 Å². The van der Waals surface area contributed by atoms with Gasteiger partial charge in [0.15, 0.2) is 12.4 Å². The summed E-state index contributed by atoms with van der Waals surface area (Å²) < 4.78 is 25.8. The van der Waals surface area contributed by atoms with Gasteiger partial charge in [-0.25, -0.2) is 8.42 Å². The Bertz CT molecular complexity index is 874. The summed E-state index contributed by atoms with van der Waals surface area (Å²) in [5.74, 6) is 0. The first-order valence-electron chi connectivity index (χ1n) is 6.01. The van der Waals surface area contributed by atoms with Crippen molar-refractivity contribution in [1.82, 2.24) is 0 Å². The summed E-state index contributed by atoms with van der Waals surface area (Å²) in [6.45, 7) is 0. The van der Waals surface area contributed by atoms with Gasteiger partial charge in [0.2, 0.25) is 9.84 Å². The summed E-state index contributed by atoms with van der Waals surface area (Å²) in [5, 5.41) is 12.8. The molecule has 0 saturated carbocycles. The molecule has 0 spiro atoms. The lowest BCUT2D eigenvalue weighted by Gasteiger charge is -2.08. The van der Waals surface area contributed by atoms with Crippen LogP contribution < -0.4 is 4.73 Å². The first kappa shape index (κ1) is 12.6. The molecule has 0 amide bonds. The third-order valence-corrected chi connectivity index (χ3v) is 4.88. The third kappa shape index (κ3) is 2.02. The largest absolute Gasteiger partial charge is 0.619 e. The van der Waals surface area contributed by atoms with E-state index in [2.05, 4.69) is 0 Å². The zero-order valence-electron chi connectivity index (χ0n) is 10.4. The second kappa shape index (κ2) is 4.61. The van der Waals surface area contributed by atoms with Gasteiger partial charge in [-0.1, -0.05) is 36.4 Å². The van der Waals surface area contributed by atoms with Gasteiger partial charge in [0.25, 0.3) is 0 Å². The van der Waals surface area contributed by atoms with Gasteiger partial charge in [-0.15, -0.1) is 0 Å². The molecule has 0 fully saturated rings. The normalized spacial score (nSPS) is 11.6. The van der Waals surface area contributed by atoms with Crippen LogP contribution in [0.4, 0.5) is 0 Å². The van der Waals surface area contributed by atoms with Crippen LogP contribution in [0.3, 0.4) is 0 Å². The van der Waals surface area contributed by atoms with E-state index in [1.807, 2.05) is 0 Å². The van der Waals surface area contributed by atoms with Gasteiger partial charge in [0.05, 0.1) is 4.90 Å². The highest BCUT2D eigenvalue weighted by Gasteiger charge is 2.23. The molecule has 0 atom stereocenters. The van der Waals surface area contributed by atoms with Crippen LogP contribution in [0.2, 0.25) is 0 Å². The van der Waals surface area contributed by atoms with Crippen molar-refractivity contribution in [2.45, 2.75) is 9.79 Å². The molecule has 0 aliphatic rings. The zero-order chi connectivity index (χ0) is 14.2. The highest BCUT2D eigenvalue weighted by Crippen LogP contribution is 2.26. The number of nitrogens with zero attached hydrogens (tertiary/aromatic N) is 1. The molecule has 100 valence electrons. The summed E-state index contributed by atoms with van der Waals surface area (Å²) in [6, 6.07) is 15.0. The van der Waals surface area contributed by atoms with E-state index < -0.39 is 9.84 Å². The molecule has 3 rings (SSSR count). The van der Waals surface area contributed by atoms with Crippen molar-refractivity contribution in [3.8, 4) is 0 Å². The Kier molecular flexibility index (Phi) is 2.91. The predicted octanol–water partition coefficient (Wildman–Crippen LogP) is 2.31. The molecule has 3 aromatic rings. The quantitative estimate of drug-likeness (QED) is 0.536. The fraction of sp³-hybridized carbons (Fsp3) is 0. The number of benzene rings is 2. The maximum absolute atomic E-state index is 12.6. The van der Waals surface area contributed by atoms with Crippen molar-refractivity contribution in [2.24, 2.45) is 0 Å². The Hall–Kier alpha value is -2.40. The van der Waals surface area contributed by atoms with Crippen LogP contribution in [0.15, 0.2) is 76.8 Å². The zero-order valence-corrected chi connectivity index (χ0v) is 11.2. The molecule has 5 heteroatoms. The van der Waals surface area contributed by atoms with Gasteiger partial charge in [-0.2, -0.15) is 4.73 Å². The number of aromatic nitrogens is 1. The van der Waals surface area contributed by atoms with Crippen LogP contribution in [-0.4, -0.2) is 8.42 Å². The number of hydrogen-bond donors (Lipinski definition) is 0. The van der Waals surface area contributed by atoms with E-state index in [-0.39, 0.29) is 9.79 Å². The Labute approximate surface area is 116 Å². The number of hydrogen-bond acceptors (Lipinski definition) is 3. The lowest BCUT2D eigenvalue weighted by Crippen LogP contribution is -2.26. The van der Waals surface area contributed by atoms with Gasteiger partial charge >= 0.3 is 0 Å². The summed E-state index contributed by atoms with van der Waals surface area (Å²) >= 11 is 0. The number of sulfone groups is 1. The Balaban J connectivity index is 2.35. The van der Waals surface area contributed by atoms with Crippen LogP contribution in [0.5, 0.6) is 0 Å². The van der Waals surface area contributed by atoms with Gasteiger partial charge < -0.3 is 5.21 Å².